The van der Waals surface area contributed by atoms with E-state index < -0.39 is 0 Å². The van der Waals surface area contributed by atoms with Crippen molar-refractivity contribution in [2.45, 2.75) is 55.5 Å². The lowest BCUT2D eigenvalue weighted by molar-refractivity contribution is 0.176. The van der Waals surface area contributed by atoms with Gasteiger partial charge in [-0.1, -0.05) is 26.8 Å². The second-order valence-electron chi connectivity index (χ2n) is 5.20. The zero-order valence-electron chi connectivity index (χ0n) is 11.9. The molecule has 0 aliphatic carbocycles. The summed E-state index contributed by atoms with van der Waals surface area (Å²) >= 11 is 3.91. The Hall–Kier alpha value is -0.190. The van der Waals surface area contributed by atoms with E-state index in [1.807, 2.05) is 29.7 Å². The minimum Gasteiger partial charge on any atom is -0.392 e. The van der Waals surface area contributed by atoms with Gasteiger partial charge in [0.1, 0.15) is 0 Å². The molecule has 4 unspecified atom stereocenters. The quantitative estimate of drug-likeness (QED) is 0.925. The summed E-state index contributed by atoms with van der Waals surface area (Å²) in [5.74, 6) is 1.05. The third-order valence-corrected chi connectivity index (χ3v) is 7.25. The number of hydrogen-bond acceptors (Lipinski definition) is 4. The van der Waals surface area contributed by atoms with Gasteiger partial charge in [-0.25, -0.2) is 0 Å². The van der Waals surface area contributed by atoms with E-state index in [0.29, 0.717) is 22.2 Å². The lowest BCUT2D eigenvalue weighted by Gasteiger charge is -2.33. The van der Waals surface area contributed by atoms with Crippen molar-refractivity contribution < 1.29 is 5.11 Å². The van der Waals surface area contributed by atoms with Crippen LogP contribution in [-0.4, -0.2) is 37.7 Å². The zero-order valence-corrected chi connectivity index (χ0v) is 13.5. The molecule has 0 radical (unpaired) electrons. The van der Waals surface area contributed by atoms with Crippen LogP contribution in [0, 0.1) is 0 Å². The Morgan fingerprint density at radius 1 is 1.37 bits per heavy atom. The van der Waals surface area contributed by atoms with E-state index >= 15 is 0 Å². The highest BCUT2D eigenvalue weighted by atomic mass is 32.2. The lowest BCUT2D eigenvalue weighted by atomic mass is 10.1. The van der Waals surface area contributed by atoms with Crippen LogP contribution in [-0.2, 0) is 12.8 Å². The number of hydrogen-bond donors (Lipinski definition) is 1. The predicted molar refractivity (Wildman–Crippen MR) is 86.1 cm³/mol. The number of aliphatic hydroxyl groups excluding tert-OH is 1. The lowest BCUT2D eigenvalue weighted by Crippen LogP contribution is -2.35. The molecule has 2 nitrogen and oxygen atoms in total. The van der Waals surface area contributed by atoms with Crippen molar-refractivity contribution in [3.63, 3.8) is 0 Å². The third kappa shape index (κ3) is 4.14. The Kier molecular flexibility index (Phi) is 5.60. The molecule has 1 aliphatic rings. The summed E-state index contributed by atoms with van der Waals surface area (Å²) in [6, 6.07) is 4.16. The van der Waals surface area contributed by atoms with Crippen LogP contribution in [0.1, 0.15) is 32.0 Å². The summed E-state index contributed by atoms with van der Waals surface area (Å²) in [5, 5.41) is 12.0. The van der Waals surface area contributed by atoms with Crippen LogP contribution in [0.25, 0.3) is 0 Å². The molecule has 2 heterocycles. The molecule has 0 saturated carbocycles. The largest absolute Gasteiger partial charge is 0.392 e. The zero-order chi connectivity index (χ0) is 13.8. The molecule has 19 heavy (non-hydrogen) atoms. The predicted octanol–water partition coefficient (Wildman–Crippen LogP) is 3.17. The van der Waals surface area contributed by atoms with Crippen LogP contribution in [0.2, 0.25) is 0 Å². The minimum atomic E-state index is -0.285. The summed E-state index contributed by atoms with van der Waals surface area (Å²) < 4.78 is 0. The summed E-state index contributed by atoms with van der Waals surface area (Å²) in [4.78, 5) is 4.44. The van der Waals surface area contributed by atoms with Crippen LogP contribution in [0.3, 0.4) is 0 Å². The van der Waals surface area contributed by atoms with Gasteiger partial charge in [0.2, 0.25) is 0 Å². The van der Waals surface area contributed by atoms with Gasteiger partial charge in [0.15, 0.2) is 0 Å². The average molecular weight is 297 g/mol. The molecule has 4 atom stereocenters. The fourth-order valence-electron chi connectivity index (χ4n) is 2.14. The SMILES string of the molecule is CCc1ccc(CC(O)C2CSC(C)C(C)S2)nc1. The molecule has 0 bridgehead atoms. The van der Waals surface area contributed by atoms with Crippen molar-refractivity contribution in [3.8, 4) is 0 Å². The monoisotopic (exact) mass is 297 g/mol. The van der Waals surface area contributed by atoms with E-state index in [-0.39, 0.29) is 6.10 Å². The first-order valence-electron chi connectivity index (χ1n) is 6.99. The molecule has 1 aliphatic heterocycles. The number of pyridine rings is 1. The molecule has 1 saturated heterocycles. The van der Waals surface area contributed by atoms with Crippen molar-refractivity contribution in [1.29, 1.82) is 0 Å². The van der Waals surface area contributed by atoms with E-state index in [1.54, 1.807) is 0 Å². The van der Waals surface area contributed by atoms with Gasteiger partial charge in [-0.15, -0.1) is 0 Å². The van der Waals surface area contributed by atoms with Gasteiger partial charge in [-0.05, 0) is 18.1 Å². The maximum atomic E-state index is 10.4. The van der Waals surface area contributed by atoms with E-state index in [2.05, 4.69) is 37.9 Å². The Morgan fingerprint density at radius 3 is 2.74 bits per heavy atom. The van der Waals surface area contributed by atoms with E-state index in [1.165, 1.54) is 5.56 Å². The van der Waals surface area contributed by atoms with Crippen molar-refractivity contribution in [2.75, 3.05) is 5.75 Å². The number of rotatable bonds is 4. The third-order valence-electron chi connectivity index (χ3n) is 3.72. The standard InChI is InChI=1S/C15H23NOS2/c1-4-12-5-6-13(16-8-12)7-14(17)15-9-18-10(2)11(3)19-15/h5-6,8,10-11,14-15,17H,4,7,9H2,1-3H3. The molecule has 2 rings (SSSR count). The van der Waals surface area contributed by atoms with Crippen molar-refractivity contribution in [3.05, 3.63) is 29.6 Å². The van der Waals surface area contributed by atoms with Crippen LogP contribution in [0.5, 0.6) is 0 Å². The van der Waals surface area contributed by atoms with Gasteiger partial charge < -0.3 is 5.11 Å². The molecule has 0 aromatic carbocycles. The van der Waals surface area contributed by atoms with Gasteiger partial charge >= 0.3 is 0 Å². The van der Waals surface area contributed by atoms with Gasteiger partial charge in [-0.3, -0.25) is 4.98 Å². The molecule has 0 spiro atoms. The first kappa shape index (κ1) is 15.2. The summed E-state index contributed by atoms with van der Waals surface area (Å²) in [6.07, 6.45) is 3.33. The Labute approximate surface area is 124 Å². The minimum absolute atomic E-state index is 0.285. The smallest absolute Gasteiger partial charge is 0.0722 e. The molecule has 1 aromatic rings. The Morgan fingerprint density at radius 2 is 2.16 bits per heavy atom. The number of nitrogens with zero attached hydrogens (tertiary/aromatic N) is 1. The van der Waals surface area contributed by atoms with Crippen molar-refractivity contribution in [1.82, 2.24) is 4.98 Å². The maximum Gasteiger partial charge on any atom is 0.0722 e. The number of aryl methyl sites for hydroxylation is 1. The summed E-state index contributed by atoms with van der Waals surface area (Å²) in [7, 11) is 0. The Bertz CT molecular complexity index is 396. The van der Waals surface area contributed by atoms with E-state index in [0.717, 1.165) is 17.9 Å². The maximum absolute atomic E-state index is 10.4. The highest BCUT2D eigenvalue weighted by molar-refractivity contribution is 8.07. The molecule has 1 fully saturated rings. The molecule has 1 N–H and O–H groups in total. The first-order valence-corrected chi connectivity index (χ1v) is 8.98. The molecular formula is C15H23NOS2. The number of aromatic nitrogens is 1. The topological polar surface area (TPSA) is 33.1 Å². The molecular weight excluding hydrogens is 274 g/mol. The summed E-state index contributed by atoms with van der Waals surface area (Å²) in [5.41, 5.74) is 2.25. The van der Waals surface area contributed by atoms with Gasteiger partial charge in [0.25, 0.3) is 0 Å². The van der Waals surface area contributed by atoms with Gasteiger partial charge in [0.05, 0.1) is 6.10 Å². The average Bonchev–Trinajstić information content (AvgIpc) is 2.42. The van der Waals surface area contributed by atoms with Gasteiger partial charge in [-0.2, -0.15) is 23.5 Å². The molecule has 106 valence electrons. The fourth-order valence-corrected chi connectivity index (χ4v) is 5.16. The highest BCUT2D eigenvalue weighted by Gasteiger charge is 2.30. The van der Waals surface area contributed by atoms with E-state index in [9.17, 15) is 5.11 Å². The van der Waals surface area contributed by atoms with Crippen LogP contribution < -0.4 is 0 Å². The van der Waals surface area contributed by atoms with Gasteiger partial charge in [0, 0.05) is 39.8 Å². The van der Waals surface area contributed by atoms with E-state index in [4.69, 9.17) is 0 Å². The number of thioether (sulfide) groups is 2. The number of aliphatic hydroxyl groups is 1. The normalized spacial score (nSPS) is 29.2. The summed E-state index contributed by atoms with van der Waals surface area (Å²) in [6.45, 7) is 6.66. The van der Waals surface area contributed by atoms with Crippen molar-refractivity contribution >= 4 is 23.5 Å². The highest BCUT2D eigenvalue weighted by Crippen LogP contribution is 2.37. The molecule has 0 amide bonds. The second kappa shape index (κ2) is 7.00. The van der Waals surface area contributed by atoms with Crippen molar-refractivity contribution in [2.24, 2.45) is 0 Å². The Balaban J connectivity index is 1.91. The first-order chi connectivity index (χ1) is 9.10. The molecule has 4 heteroatoms. The fraction of sp³-hybridized carbons (Fsp3) is 0.667. The van der Waals surface area contributed by atoms with Crippen LogP contribution in [0.4, 0.5) is 0 Å². The van der Waals surface area contributed by atoms with Crippen LogP contribution in [0.15, 0.2) is 18.3 Å². The van der Waals surface area contributed by atoms with Crippen LogP contribution >= 0.6 is 23.5 Å². The second-order valence-corrected chi connectivity index (χ2v) is 8.23. The molecule has 1 aromatic heterocycles.